The first-order valence-electron chi connectivity index (χ1n) is 10.2. The number of fused-ring (bicyclic) bond motifs is 1. The van der Waals surface area contributed by atoms with Gasteiger partial charge in [0.1, 0.15) is 17.8 Å². The van der Waals surface area contributed by atoms with Gasteiger partial charge in [0.05, 0.1) is 12.7 Å². The number of amides is 1. The van der Waals surface area contributed by atoms with E-state index in [1.54, 1.807) is 12.0 Å². The van der Waals surface area contributed by atoms with E-state index in [1.807, 2.05) is 43.3 Å². The van der Waals surface area contributed by atoms with Crippen molar-refractivity contribution in [3.63, 3.8) is 0 Å². The molecule has 1 saturated heterocycles. The van der Waals surface area contributed by atoms with E-state index in [-0.39, 0.29) is 18.2 Å². The fourth-order valence-corrected chi connectivity index (χ4v) is 3.78. The average molecular weight is 410 g/mol. The maximum atomic E-state index is 12.7. The molecule has 1 amide bonds. The molecule has 7 nitrogen and oxygen atoms in total. The fraction of sp³-hybridized carbons (Fsp3) is 0.391. The van der Waals surface area contributed by atoms with Gasteiger partial charge >= 0.3 is 0 Å². The minimum absolute atomic E-state index is 0.113. The molecular weight excluding hydrogens is 384 g/mol. The van der Waals surface area contributed by atoms with E-state index in [0.29, 0.717) is 37.6 Å². The summed E-state index contributed by atoms with van der Waals surface area (Å²) in [6, 6.07) is 11.6. The van der Waals surface area contributed by atoms with Crippen LogP contribution in [0.1, 0.15) is 42.6 Å². The molecule has 158 valence electrons. The Balaban J connectivity index is 1.41. The van der Waals surface area contributed by atoms with Crippen molar-refractivity contribution >= 4 is 16.7 Å². The zero-order chi connectivity index (χ0) is 21.1. The second kappa shape index (κ2) is 8.36. The Kier molecular flexibility index (Phi) is 5.63. The quantitative estimate of drug-likeness (QED) is 0.665. The SMILES string of the molecule is CC[C@@]1(O)CCCN(C(=O)c2coc(COc3ccc4ccc(OC)cc4c3)n2)C1. The molecule has 0 saturated carbocycles. The van der Waals surface area contributed by atoms with Crippen LogP contribution in [-0.4, -0.2) is 46.7 Å². The van der Waals surface area contributed by atoms with Crippen molar-refractivity contribution in [1.82, 2.24) is 9.88 Å². The zero-order valence-electron chi connectivity index (χ0n) is 17.3. The predicted molar refractivity (Wildman–Crippen MR) is 112 cm³/mol. The standard InChI is InChI=1S/C23H26N2O5/c1-3-23(27)9-4-10-25(15-23)22(26)20-13-30-21(24-20)14-29-19-8-6-16-5-7-18(28-2)11-17(16)12-19/h5-8,11-13,27H,3-4,9-10,14-15H2,1-2H3/t23-/m1/s1. The van der Waals surface area contributed by atoms with Crippen molar-refractivity contribution in [2.75, 3.05) is 20.2 Å². The maximum absolute atomic E-state index is 12.7. The van der Waals surface area contributed by atoms with Gasteiger partial charge in [-0.1, -0.05) is 19.1 Å². The number of ether oxygens (including phenoxy) is 2. The summed E-state index contributed by atoms with van der Waals surface area (Å²) in [4.78, 5) is 18.7. The molecule has 1 fully saturated rings. The predicted octanol–water partition coefficient (Wildman–Crippen LogP) is 3.79. The lowest BCUT2D eigenvalue weighted by Crippen LogP contribution is -2.50. The Bertz CT molecular complexity index is 1050. The van der Waals surface area contributed by atoms with Gasteiger partial charge in [0.2, 0.25) is 5.89 Å². The third-order valence-electron chi connectivity index (χ3n) is 5.65. The number of methoxy groups -OCH3 is 1. The first kappa shape index (κ1) is 20.2. The van der Waals surface area contributed by atoms with Crippen LogP contribution < -0.4 is 9.47 Å². The van der Waals surface area contributed by atoms with E-state index < -0.39 is 5.60 Å². The third kappa shape index (κ3) is 4.26. The van der Waals surface area contributed by atoms with Crippen molar-refractivity contribution in [2.24, 2.45) is 0 Å². The molecule has 1 aromatic heterocycles. The van der Waals surface area contributed by atoms with Gasteiger partial charge < -0.3 is 23.9 Å². The molecule has 1 aliphatic rings. The van der Waals surface area contributed by atoms with Crippen LogP contribution in [0.15, 0.2) is 47.1 Å². The number of carbonyl (C=O) groups is 1. The lowest BCUT2D eigenvalue weighted by atomic mass is 9.90. The highest BCUT2D eigenvalue weighted by Crippen LogP contribution is 2.27. The van der Waals surface area contributed by atoms with E-state index in [4.69, 9.17) is 13.9 Å². The maximum Gasteiger partial charge on any atom is 0.275 e. The zero-order valence-corrected chi connectivity index (χ0v) is 17.3. The molecule has 0 spiro atoms. The molecule has 2 aromatic carbocycles. The van der Waals surface area contributed by atoms with E-state index >= 15 is 0 Å². The van der Waals surface area contributed by atoms with Crippen molar-refractivity contribution in [3.8, 4) is 11.5 Å². The number of β-amino-alcohol motifs (C(OH)–C–C–N with tert-alkyl or cyclic N) is 1. The van der Waals surface area contributed by atoms with E-state index in [1.165, 1.54) is 6.26 Å². The molecule has 7 heteroatoms. The summed E-state index contributed by atoms with van der Waals surface area (Å²) in [6.45, 7) is 2.98. The summed E-state index contributed by atoms with van der Waals surface area (Å²) < 4.78 is 16.5. The van der Waals surface area contributed by atoms with Gasteiger partial charge in [0, 0.05) is 13.1 Å². The number of likely N-dealkylation sites (tertiary alicyclic amines) is 1. The molecule has 1 N–H and O–H groups in total. The minimum Gasteiger partial charge on any atom is -0.497 e. The van der Waals surface area contributed by atoms with Crippen LogP contribution in [0.3, 0.4) is 0 Å². The molecule has 0 bridgehead atoms. The third-order valence-corrected chi connectivity index (χ3v) is 5.65. The highest BCUT2D eigenvalue weighted by atomic mass is 16.5. The van der Waals surface area contributed by atoms with Crippen LogP contribution in [0.25, 0.3) is 10.8 Å². The largest absolute Gasteiger partial charge is 0.497 e. The van der Waals surface area contributed by atoms with Crippen LogP contribution in [0, 0.1) is 0 Å². The smallest absolute Gasteiger partial charge is 0.275 e. The second-order valence-corrected chi connectivity index (χ2v) is 7.70. The summed E-state index contributed by atoms with van der Waals surface area (Å²) in [5.41, 5.74) is -0.584. The van der Waals surface area contributed by atoms with Crippen LogP contribution in [0.4, 0.5) is 0 Å². The number of carbonyl (C=O) groups excluding carboxylic acids is 1. The van der Waals surface area contributed by atoms with Gasteiger partial charge in [-0.15, -0.1) is 0 Å². The second-order valence-electron chi connectivity index (χ2n) is 7.70. The minimum atomic E-state index is -0.817. The number of nitrogens with zero attached hydrogens (tertiary/aromatic N) is 2. The molecule has 3 aromatic rings. The molecule has 4 rings (SSSR count). The Morgan fingerprint density at radius 2 is 2.00 bits per heavy atom. The van der Waals surface area contributed by atoms with Crippen LogP contribution in [-0.2, 0) is 6.61 Å². The van der Waals surface area contributed by atoms with Gasteiger partial charge in [-0.3, -0.25) is 4.79 Å². The van der Waals surface area contributed by atoms with Crippen molar-refractivity contribution in [3.05, 3.63) is 54.2 Å². The first-order chi connectivity index (χ1) is 14.5. The molecule has 0 aliphatic carbocycles. The van der Waals surface area contributed by atoms with Crippen LogP contribution >= 0.6 is 0 Å². The van der Waals surface area contributed by atoms with Crippen LogP contribution in [0.2, 0.25) is 0 Å². The van der Waals surface area contributed by atoms with Crippen LogP contribution in [0.5, 0.6) is 11.5 Å². The summed E-state index contributed by atoms with van der Waals surface area (Å²) >= 11 is 0. The molecule has 30 heavy (non-hydrogen) atoms. The number of hydrogen-bond acceptors (Lipinski definition) is 6. The lowest BCUT2D eigenvalue weighted by molar-refractivity contribution is -0.0271. The highest BCUT2D eigenvalue weighted by Gasteiger charge is 2.34. The Hall–Kier alpha value is -3.06. The van der Waals surface area contributed by atoms with E-state index in [9.17, 15) is 9.90 Å². The van der Waals surface area contributed by atoms with Gasteiger partial charge in [-0.25, -0.2) is 4.98 Å². The Morgan fingerprint density at radius 3 is 2.77 bits per heavy atom. The highest BCUT2D eigenvalue weighted by molar-refractivity contribution is 5.92. The number of oxazole rings is 1. The van der Waals surface area contributed by atoms with Gasteiger partial charge in [0.25, 0.3) is 5.91 Å². The van der Waals surface area contributed by atoms with Crippen molar-refractivity contribution < 1.29 is 23.8 Å². The topological polar surface area (TPSA) is 85.0 Å². The average Bonchev–Trinajstić information content (AvgIpc) is 3.25. The summed E-state index contributed by atoms with van der Waals surface area (Å²) in [5.74, 6) is 1.55. The monoisotopic (exact) mass is 410 g/mol. The Morgan fingerprint density at radius 1 is 1.23 bits per heavy atom. The van der Waals surface area contributed by atoms with Gasteiger partial charge in [0.15, 0.2) is 12.3 Å². The molecule has 1 aliphatic heterocycles. The number of piperidine rings is 1. The number of aliphatic hydroxyl groups is 1. The normalized spacial score (nSPS) is 19.1. The van der Waals surface area contributed by atoms with E-state index in [2.05, 4.69) is 4.98 Å². The van der Waals surface area contributed by atoms with E-state index in [0.717, 1.165) is 22.9 Å². The van der Waals surface area contributed by atoms with Crippen molar-refractivity contribution in [1.29, 1.82) is 0 Å². The summed E-state index contributed by atoms with van der Waals surface area (Å²) in [7, 11) is 1.63. The Labute approximate surface area is 175 Å². The molecule has 0 radical (unpaired) electrons. The molecular formula is C23H26N2O5. The lowest BCUT2D eigenvalue weighted by Gasteiger charge is -2.38. The number of benzene rings is 2. The van der Waals surface area contributed by atoms with Crippen molar-refractivity contribution in [2.45, 2.75) is 38.4 Å². The number of aromatic nitrogens is 1. The molecule has 2 heterocycles. The molecule has 1 atom stereocenters. The van der Waals surface area contributed by atoms with Gasteiger partial charge in [-0.05, 0) is 54.3 Å². The summed E-state index contributed by atoms with van der Waals surface area (Å²) in [6.07, 6.45) is 3.46. The number of rotatable bonds is 6. The fourth-order valence-electron chi connectivity index (χ4n) is 3.78. The summed E-state index contributed by atoms with van der Waals surface area (Å²) in [5, 5.41) is 12.6. The number of hydrogen-bond donors (Lipinski definition) is 1. The van der Waals surface area contributed by atoms with Gasteiger partial charge in [-0.2, -0.15) is 0 Å². The molecule has 0 unspecified atom stereocenters. The first-order valence-corrected chi connectivity index (χ1v) is 10.2.